The van der Waals surface area contributed by atoms with Crippen LogP contribution in [0.3, 0.4) is 0 Å². The Bertz CT molecular complexity index is 851. The van der Waals surface area contributed by atoms with E-state index >= 15 is 0 Å². The van der Waals surface area contributed by atoms with Crippen molar-refractivity contribution in [2.45, 2.75) is 38.0 Å². The Kier molecular flexibility index (Phi) is 4.05. The fourth-order valence-electron chi connectivity index (χ4n) is 2.63. The summed E-state index contributed by atoms with van der Waals surface area (Å²) in [7, 11) is -3.69. The number of hydrogen-bond donors (Lipinski definition) is 1. The van der Waals surface area contributed by atoms with Crippen LogP contribution in [0.1, 0.15) is 30.9 Å². The van der Waals surface area contributed by atoms with E-state index in [0.717, 1.165) is 5.56 Å². The third-order valence-corrected chi connectivity index (χ3v) is 5.74. The van der Waals surface area contributed by atoms with Gasteiger partial charge in [-0.25, -0.2) is 13.1 Å². The lowest BCUT2D eigenvalue weighted by Crippen LogP contribution is -2.37. The van der Waals surface area contributed by atoms with Crippen LogP contribution in [0.2, 0.25) is 0 Å². The molecule has 1 aliphatic rings. The SMILES string of the molecule is Cc1noc(C)c1S(=O)(=O)NCC(C)(C)c1ccc2c(c1)OCO2. The van der Waals surface area contributed by atoms with Crippen LogP contribution in [-0.2, 0) is 15.4 Å². The molecule has 0 spiro atoms. The molecular weight excluding hydrogens is 332 g/mol. The number of benzene rings is 1. The van der Waals surface area contributed by atoms with Gasteiger partial charge in [0.05, 0.1) is 0 Å². The molecule has 1 aromatic heterocycles. The fraction of sp³-hybridized carbons (Fsp3) is 0.438. The Balaban J connectivity index is 1.80. The summed E-state index contributed by atoms with van der Waals surface area (Å²) in [5, 5.41) is 3.70. The molecule has 0 saturated carbocycles. The number of rotatable bonds is 5. The lowest BCUT2D eigenvalue weighted by Gasteiger charge is -2.25. The minimum Gasteiger partial charge on any atom is -0.454 e. The summed E-state index contributed by atoms with van der Waals surface area (Å²) in [6.45, 7) is 7.53. The van der Waals surface area contributed by atoms with E-state index in [0.29, 0.717) is 17.2 Å². The van der Waals surface area contributed by atoms with Crippen molar-refractivity contribution in [1.29, 1.82) is 0 Å². The molecule has 24 heavy (non-hydrogen) atoms. The summed E-state index contributed by atoms with van der Waals surface area (Å²) in [6, 6.07) is 5.63. The van der Waals surface area contributed by atoms with Crippen molar-refractivity contribution in [1.82, 2.24) is 9.88 Å². The highest BCUT2D eigenvalue weighted by Crippen LogP contribution is 2.36. The minimum atomic E-state index is -3.69. The third kappa shape index (κ3) is 2.99. The van der Waals surface area contributed by atoms with Crippen LogP contribution in [0.4, 0.5) is 0 Å². The van der Waals surface area contributed by atoms with Gasteiger partial charge < -0.3 is 14.0 Å². The van der Waals surface area contributed by atoms with E-state index in [2.05, 4.69) is 9.88 Å². The van der Waals surface area contributed by atoms with E-state index in [4.69, 9.17) is 14.0 Å². The van der Waals surface area contributed by atoms with Gasteiger partial charge in [0.15, 0.2) is 17.3 Å². The molecule has 1 N–H and O–H groups in total. The number of sulfonamides is 1. The lowest BCUT2D eigenvalue weighted by atomic mass is 9.85. The first-order chi connectivity index (χ1) is 11.2. The van der Waals surface area contributed by atoms with E-state index in [1.54, 1.807) is 13.8 Å². The third-order valence-electron chi connectivity index (χ3n) is 4.09. The summed E-state index contributed by atoms with van der Waals surface area (Å²) < 4.78 is 43.4. The molecule has 0 unspecified atom stereocenters. The maximum absolute atomic E-state index is 12.5. The molecule has 0 bridgehead atoms. The number of nitrogens with one attached hydrogen (secondary N) is 1. The molecule has 0 radical (unpaired) electrons. The zero-order valence-corrected chi connectivity index (χ0v) is 14.9. The molecule has 0 atom stereocenters. The van der Waals surface area contributed by atoms with Gasteiger partial charge in [0.1, 0.15) is 10.6 Å². The molecule has 0 saturated heterocycles. The number of hydrogen-bond acceptors (Lipinski definition) is 6. The van der Waals surface area contributed by atoms with Gasteiger partial charge in [-0.1, -0.05) is 25.1 Å². The first kappa shape index (κ1) is 16.8. The maximum atomic E-state index is 12.5. The van der Waals surface area contributed by atoms with Gasteiger partial charge in [-0.3, -0.25) is 0 Å². The molecular formula is C16H20N2O5S. The van der Waals surface area contributed by atoms with Crippen LogP contribution in [0, 0.1) is 13.8 Å². The van der Waals surface area contributed by atoms with Crippen LogP contribution in [0.5, 0.6) is 11.5 Å². The predicted octanol–water partition coefficient (Wildman–Crippen LogP) is 2.28. The standard InChI is InChI=1S/C16H20N2O5S/c1-10-15(11(2)23-18-10)24(19,20)17-8-16(3,4)12-5-6-13-14(7-12)22-9-21-13/h5-7,17H,8-9H2,1-4H3. The molecule has 8 heteroatoms. The first-order valence-corrected chi connectivity index (χ1v) is 9.02. The minimum absolute atomic E-state index is 0.101. The van der Waals surface area contributed by atoms with Gasteiger partial charge in [-0.15, -0.1) is 0 Å². The van der Waals surface area contributed by atoms with E-state index in [1.165, 1.54) is 0 Å². The number of nitrogens with zero attached hydrogens (tertiary/aromatic N) is 1. The topological polar surface area (TPSA) is 90.7 Å². The molecule has 0 fully saturated rings. The summed E-state index contributed by atoms with van der Waals surface area (Å²) in [5.41, 5.74) is 0.863. The molecule has 3 rings (SSSR count). The molecule has 1 aromatic carbocycles. The van der Waals surface area contributed by atoms with E-state index in [9.17, 15) is 8.42 Å². The molecule has 1 aliphatic heterocycles. The largest absolute Gasteiger partial charge is 0.454 e. The monoisotopic (exact) mass is 352 g/mol. The van der Waals surface area contributed by atoms with Crippen molar-refractivity contribution >= 4 is 10.0 Å². The summed E-state index contributed by atoms with van der Waals surface area (Å²) >= 11 is 0. The van der Waals surface area contributed by atoms with Crippen molar-refractivity contribution in [2.75, 3.05) is 13.3 Å². The Morgan fingerprint density at radius 2 is 1.92 bits per heavy atom. The molecule has 0 amide bonds. The van der Waals surface area contributed by atoms with Crippen molar-refractivity contribution < 1.29 is 22.4 Å². The second-order valence-corrected chi connectivity index (χ2v) is 8.13. The summed E-state index contributed by atoms with van der Waals surface area (Å²) in [4.78, 5) is 0.101. The van der Waals surface area contributed by atoms with Crippen molar-refractivity contribution in [3.05, 3.63) is 35.2 Å². The quantitative estimate of drug-likeness (QED) is 0.888. The van der Waals surface area contributed by atoms with Gasteiger partial charge in [0.25, 0.3) is 0 Å². The second-order valence-electron chi connectivity index (χ2n) is 6.43. The van der Waals surface area contributed by atoms with Gasteiger partial charge in [-0.2, -0.15) is 0 Å². The molecule has 0 aliphatic carbocycles. The number of aryl methyl sites for hydroxylation is 2. The Morgan fingerprint density at radius 1 is 1.21 bits per heavy atom. The Hall–Kier alpha value is -2.06. The van der Waals surface area contributed by atoms with Crippen LogP contribution < -0.4 is 14.2 Å². The highest BCUT2D eigenvalue weighted by atomic mass is 32.2. The summed E-state index contributed by atoms with van der Waals surface area (Å²) in [5.74, 6) is 1.65. The highest BCUT2D eigenvalue weighted by molar-refractivity contribution is 7.89. The highest BCUT2D eigenvalue weighted by Gasteiger charge is 2.29. The zero-order chi connectivity index (χ0) is 17.5. The fourth-order valence-corrected chi connectivity index (χ4v) is 4.16. The zero-order valence-electron chi connectivity index (χ0n) is 14.0. The van der Waals surface area contributed by atoms with Gasteiger partial charge in [0.2, 0.25) is 16.8 Å². The van der Waals surface area contributed by atoms with Gasteiger partial charge >= 0.3 is 0 Å². The number of aromatic nitrogens is 1. The van der Waals surface area contributed by atoms with E-state index in [1.807, 2.05) is 32.0 Å². The van der Waals surface area contributed by atoms with Crippen LogP contribution in [-0.4, -0.2) is 26.9 Å². The number of fused-ring (bicyclic) bond motifs is 1. The van der Waals surface area contributed by atoms with Crippen LogP contribution in [0.25, 0.3) is 0 Å². The van der Waals surface area contributed by atoms with E-state index < -0.39 is 15.4 Å². The van der Waals surface area contributed by atoms with Crippen molar-refractivity contribution in [3.63, 3.8) is 0 Å². The summed E-state index contributed by atoms with van der Waals surface area (Å²) in [6.07, 6.45) is 0. The van der Waals surface area contributed by atoms with Crippen molar-refractivity contribution in [3.8, 4) is 11.5 Å². The maximum Gasteiger partial charge on any atom is 0.245 e. The lowest BCUT2D eigenvalue weighted by molar-refractivity contribution is 0.174. The molecule has 2 aromatic rings. The molecule has 7 nitrogen and oxygen atoms in total. The predicted molar refractivity (Wildman–Crippen MR) is 86.8 cm³/mol. The smallest absolute Gasteiger partial charge is 0.245 e. The number of ether oxygens (including phenoxy) is 2. The molecule has 2 heterocycles. The average Bonchev–Trinajstić information content (AvgIpc) is 3.11. The average molecular weight is 352 g/mol. The first-order valence-electron chi connectivity index (χ1n) is 7.53. The molecule has 130 valence electrons. The van der Waals surface area contributed by atoms with Gasteiger partial charge in [0, 0.05) is 12.0 Å². The van der Waals surface area contributed by atoms with Gasteiger partial charge in [-0.05, 0) is 31.5 Å². The van der Waals surface area contributed by atoms with Crippen LogP contribution >= 0.6 is 0 Å². The second kappa shape index (κ2) is 5.78. The van der Waals surface area contributed by atoms with Crippen LogP contribution in [0.15, 0.2) is 27.6 Å². The normalized spacial score (nSPS) is 14.2. The van der Waals surface area contributed by atoms with Crippen molar-refractivity contribution in [2.24, 2.45) is 0 Å². The Morgan fingerprint density at radius 3 is 2.58 bits per heavy atom. The Labute approximate surface area is 141 Å². The van der Waals surface area contributed by atoms with E-state index in [-0.39, 0.29) is 24.0 Å².